The molecule has 1 aliphatic heterocycles. The number of ether oxygens (including phenoxy) is 2. The summed E-state index contributed by atoms with van der Waals surface area (Å²) in [6.45, 7) is 0.849. The molecule has 2 aromatic carbocycles. The molecule has 0 spiro atoms. The van der Waals surface area contributed by atoms with Crippen LogP contribution in [0.3, 0.4) is 0 Å². The van der Waals surface area contributed by atoms with Crippen molar-refractivity contribution >= 4 is 11.5 Å². The first-order valence-corrected chi connectivity index (χ1v) is 8.25. The standard InChI is InChI=1S/C20H19NO3/c22-18-10-16(15-4-2-1-3-5-15)9-17(11-18)21-12-14-6-7-19-20(8-14)24-13-23-19/h1-8,16H,9-13H2/t16-/m1/s1. The van der Waals surface area contributed by atoms with Gasteiger partial charge in [0.1, 0.15) is 5.78 Å². The number of carbonyl (C=O) groups is 1. The van der Waals surface area contributed by atoms with E-state index in [-0.39, 0.29) is 18.5 Å². The lowest BCUT2D eigenvalue weighted by Gasteiger charge is -2.23. The highest BCUT2D eigenvalue weighted by Crippen LogP contribution is 2.33. The highest BCUT2D eigenvalue weighted by atomic mass is 16.7. The molecule has 1 aliphatic carbocycles. The molecule has 2 aliphatic rings. The predicted molar refractivity (Wildman–Crippen MR) is 91.7 cm³/mol. The molecule has 4 nitrogen and oxygen atoms in total. The van der Waals surface area contributed by atoms with Gasteiger partial charge in [-0.05, 0) is 35.6 Å². The summed E-state index contributed by atoms with van der Waals surface area (Å²) in [5.74, 6) is 2.08. The van der Waals surface area contributed by atoms with E-state index in [0.717, 1.165) is 29.2 Å². The zero-order valence-electron chi connectivity index (χ0n) is 13.4. The summed E-state index contributed by atoms with van der Waals surface area (Å²) in [6, 6.07) is 16.1. The van der Waals surface area contributed by atoms with E-state index in [1.165, 1.54) is 5.56 Å². The van der Waals surface area contributed by atoms with Crippen molar-refractivity contribution in [3.8, 4) is 11.5 Å². The maximum atomic E-state index is 12.1. The van der Waals surface area contributed by atoms with E-state index < -0.39 is 0 Å². The van der Waals surface area contributed by atoms with E-state index in [4.69, 9.17) is 14.5 Å². The van der Waals surface area contributed by atoms with Gasteiger partial charge in [-0.25, -0.2) is 0 Å². The summed E-state index contributed by atoms with van der Waals surface area (Å²) in [6.07, 6.45) is 1.96. The number of benzene rings is 2. The minimum absolute atomic E-state index is 0.253. The van der Waals surface area contributed by atoms with Gasteiger partial charge in [0.05, 0.1) is 6.54 Å². The van der Waals surface area contributed by atoms with Crippen LogP contribution in [-0.4, -0.2) is 18.3 Å². The van der Waals surface area contributed by atoms with Crippen LogP contribution in [0.2, 0.25) is 0 Å². The van der Waals surface area contributed by atoms with E-state index in [1.807, 2.05) is 36.4 Å². The topological polar surface area (TPSA) is 47.9 Å². The molecule has 0 bridgehead atoms. The Bertz CT molecular complexity index is 783. The van der Waals surface area contributed by atoms with Crippen LogP contribution in [0.1, 0.15) is 36.3 Å². The molecule has 1 fully saturated rings. The molecule has 2 aromatic rings. The van der Waals surface area contributed by atoms with Gasteiger partial charge in [0.15, 0.2) is 11.5 Å². The second kappa shape index (κ2) is 6.48. The highest BCUT2D eigenvalue weighted by Gasteiger charge is 2.25. The number of nitrogens with zero attached hydrogens (tertiary/aromatic N) is 1. The molecule has 0 amide bonds. The Kier molecular flexibility index (Phi) is 4.03. The molecule has 1 heterocycles. The fourth-order valence-electron chi connectivity index (χ4n) is 3.33. The molecule has 122 valence electrons. The van der Waals surface area contributed by atoms with Crippen molar-refractivity contribution in [2.75, 3.05) is 6.79 Å². The average Bonchev–Trinajstić information content (AvgIpc) is 3.08. The van der Waals surface area contributed by atoms with Crippen molar-refractivity contribution in [2.24, 2.45) is 4.99 Å². The zero-order chi connectivity index (χ0) is 16.4. The number of hydrogen-bond acceptors (Lipinski definition) is 4. The molecule has 0 unspecified atom stereocenters. The molecule has 0 radical (unpaired) electrons. The second-order valence-corrected chi connectivity index (χ2v) is 6.30. The molecule has 4 heteroatoms. The Labute approximate surface area is 141 Å². The van der Waals surface area contributed by atoms with E-state index in [0.29, 0.717) is 19.4 Å². The van der Waals surface area contributed by atoms with Crippen molar-refractivity contribution in [3.05, 3.63) is 59.7 Å². The lowest BCUT2D eigenvalue weighted by atomic mass is 9.82. The smallest absolute Gasteiger partial charge is 0.231 e. The summed E-state index contributed by atoms with van der Waals surface area (Å²) < 4.78 is 10.7. The lowest BCUT2D eigenvalue weighted by molar-refractivity contribution is -0.118. The summed E-state index contributed by atoms with van der Waals surface area (Å²) in [7, 11) is 0. The average molecular weight is 321 g/mol. The van der Waals surface area contributed by atoms with Gasteiger partial charge in [0.25, 0.3) is 0 Å². The third-order valence-electron chi connectivity index (χ3n) is 4.55. The Hall–Kier alpha value is -2.62. The molecule has 0 saturated heterocycles. The molecule has 1 saturated carbocycles. The third kappa shape index (κ3) is 3.18. The number of carbonyl (C=O) groups excluding carboxylic acids is 1. The summed E-state index contributed by atoms with van der Waals surface area (Å²) in [4.78, 5) is 16.8. The van der Waals surface area contributed by atoms with Crippen LogP contribution in [-0.2, 0) is 11.3 Å². The van der Waals surface area contributed by atoms with Crippen LogP contribution in [0.4, 0.5) is 0 Å². The number of fused-ring (bicyclic) bond motifs is 1. The van der Waals surface area contributed by atoms with Crippen LogP contribution < -0.4 is 9.47 Å². The summed E-state index contributed by atoms with van der Waals surface area (Å²) >= 11 is 0. The van der Waals surface area contributed by atoms with Crippen molar-refractivity contribution < 1.29 is 14.3 Å². The molecule has 0 aromatic heterocycles. The molecular formula is C20H19NO3. The second-order valence-electron chi connectivity index (χ2n) is 6.30. The van der Waals surface area contributed by atoms with Crippen LogP contribution in [0.25, 0.3) is 0 Å². The third-order valence-corrected chi connectivity index (χ3v) is 4.55. The van der Waals surface area contributed by atoms with Crippen molar-refractivity contribution in [3.63, 3.8) is 0 Å². The first kappa shape index (κ1) is 14.9. The van der Waals surface area contributed by atoms with Gasteiger partial charge >= 0.3 is 0 Å². The van der Waals surface area contributed by atoms with Gasteiger partial charge in [0.2, 0.25) is 6.79 Å². The Balaban J connectivity index is 1.48. The number of Topliss-reactive ketones (excluding diaryl/α,β-unsaturated/α-hetero) is 1. The fraction of sp³-hybridized carbons (Fsp3) is 0.300. The Morgan fingerprint density at radius 1 is 1.00 bits per heavy atom. The van der Waals surface area contributed by atoms with Gasteiger partial charge < -0.3 is 9.47 Å². The minimum atomic E-state index is 0.253. The number of ketones is 1. The molecule has 24 heavy (non-hydrogen) atoms. The first-order valence-electron chi connectivity index (χ1n) is 8.25. The maximum Gasteiger partial charge on any atom is 0.231 e. The normalized spacial score (nSPS) is 21.2. The largest absolute Gasteiger partial charge is 0.454 e. The van der Waals surface area contributed by atoms with Gasteiger partial charge in [-0.1, -0.05) is 36.4 Å². The van der Waals surface area contributed by atoms with E-state index in [9.17, 15) is 4.79 Å². The quantitative estimate of drug-likeness (QED) is 0.861. The molecular weight excluding hydrogens is 302 g/mol. The van der Waals surface area contributed by atoms with Crippen LogP contribution in [0.5, 0.6) is 11.5 Å². The van der Waals surface area contributed by atoms with Crippen LogP contribution in [0, 0.1) is 0 Å². The summed E-state index contributed by atoms with van der Waals surface area (Å²) in [5.41, 5.74) is 3.29. The monoisotopic (exact) mass is 321 g/mol. The molecule has 1 atom stereocenters. The van der Waals surface area contributed by atoms with Crippen molar-refractivity contribution in [1.29, 1.82) is 0 Å². The highest BCUT2D eigenvalue weighted by molar-refractivity contribution is 6.05. The predicted octanol–water partition coefficient (Wildman–Crippen LogP) is 3.89. The van der Waals surface area contributed by atoms with Crippen LogP contribution >= 0.6 is 0 Å². The van der Waals surface area contributed by atoms with Gasteiger partial charge in [-0.2, -0.15) is 0 Å². The number of rotatable bonds is 3. The van der Waals surface area contributed by atoms with E-state index >= 15 is 0 Å². The van der Waals surface area contributed by atoms with E-state index in [2.05, 4.69) is 12.1 Å². The van der Waals surface area contributed by atoms with Crippen molar-refractivity contribution in [1.82, 2.24) is 0 Å². The minimum Gasteiger partial charge on any atom is -0.454 e. The lowest BCUT2D eigenvalue weighted by Crippen LogP contribution is -2.21. The van der Waals surface area contributed by atoms with Gasteiger partial charge in [-0.15, -0.1) is 0 Å². The van der Waals surface area contributed by atoms with Crippen molar-refractivity contribution in [2.45, 2.75) is 31.7 Å². The number of hydrogen-bond donors (Lipinski definition) is 0. The Morgan fingerprint density at radius 3 is 2.71 bits per heavy atom. The Morgan fingerprint density at radius 2 is 1.83 bits per heavy atom. The van der Waals surface area contributed by atoms with E-state index in [1.54, 1.807) is 0 Å². The van der Waals surface area contributed by atoms with Crippen LogP contribution in [0.15, 0.2) is 53.5 Å². The SMILES string of the molecule is O=C1CC(=NCc2ccc3c(c2)OCO3)C[C@@H](c2ccccc2)C1. The van der Waals surface area contributed by atoms with Gasteiger partial charge in [-0.3, -0.25) is 9.79 Å². The maximum absolute atomic E-state index is 12.1. The fourth-order valence-corrected chi connectivity index (χ4v) is 3.33. The first-order chi connectivity index (χ1) is 11.8. The number of aliphatic imine (C=N–C) groups is 1. The van der Waals surface area contributed by atoms with Gasteiger partial charge in [0, 0.05) is 18.6 Å². The molecule has 4 rings (SSSR count). The molecule has 0 N–H and O–H groups in total. The zero-order valence-corrected chi connectivity index (χ0v) is 13.4. The summed E-state index contributed by atoms with van der Waals surface area (Å²) in [5, 5.41) is 0.